The molecule has 10 heteroatoms. The molecule has 0 amide bonds. The molecule has 4 rings (SSSR count). The average molecular weight is 404 g/mol. The van der Waals surface area contributed by atoms with Gasteiger partial charge in [-0.1, -0.05) is 12.1 Å². The normalized spacial score (nSPS) is 14.6. The number of rotatable bonds is 4. The van der Waals surface area contributed by atoms with E-state index in [9.17, 15) is 23.3 Å². The van der Waals surface area contributed by atoms with Crippen LogP contribution in [0.15, 0.2) is 47.0 Å². The molecule has 150 valence electrons. The third kappa shape index (κ3) is 4.11. The van der Waals surface area contributed by atoms with E-state index >= 15 is 0 Å². The third-order valence-electron chi connectivity index (χ3n) is 4.65. The Morgan fingerprint density at radius 1 is 1.24 bits per heavy atom. The van der Waals surface area contributed by atoms with Crippen molar-refractivity contribution in [2.45, 2.75) is 25.7 Å². The molecule has 3 aromatic rings. The van der Waals surface area contributed by atoms with Crippen LogP contribution in [0.2, 0.25) is 0 Å². The first-order valence-electron chi connectivity index (χ1n) is 8.77. The van der Waals surface area contributed by atoms with Gasteiger partial charge in [-0.25, -0.2) is 9.97 Å². The van der Waals surface area contributed by atoms with Gasteiger partial charge in [-0.05, 0) is 12.1 Å². The highest BCUT2D eigenvalue weighted by Gasteiger charge is 2.35. The lowest BCUT2D eigenvalue weighted by Gasteiger charge is -2.27. The first kappa shape index (κ1) is 19.1. The van der Waals surface area contributed by atoms with Crippen molar-refractivity contribution in [3.63, 3.8) is 0 Å². The van der Waals surface area contributed by atoms with E-state index in [0.717, 1.165) is 0 Å². The number of aromatic nitrogens is 2. The number of furan rings is 1. The Kier molecular flexibility index (Phi) is 4.79. The first-order valence-corrected chi connectivity index (χ1v) is 8.77. The molecule has 0 saturated heterocycles. The van der Waals surface area contributed by atoms with E-state index in [1.54, 1.807) is 24.3 Å². The molecule has 29 heavy (non-hydrogen) atoms. The number of fused-ring (bicyclic) bond motifs is 1. The number of nitro benzene ring substituents is 1. The second-order valence-electron chi connectivity index (χ2n) is 6.70. The summed E-state index contributed by atoms with van der Waals surface area (Å²) in [5.41, 5.74) is 1.66. The van der Waals surface area contributed by atoms with Crippen molar-refractivity contribution in [3.05, 3.63) is 75.6 Å². The maximum absolute atomic E-state index is 12.7. The molecular weight excluding hydrogens is 389 g/mol. The van der Waals surface area contributed by atoms with Crippen molar-refractivity contribution < 1.29 is 22.5 Å². The van der Waals surface area contributed by atoms with Crippen molar-refractivity contribution >= 4 is 5.69 Å². The van der Waals surface area contributed by atoms with Gasteiger partial charge in [0.15, 0.2) is 0 Å². The zero-order valence-electron chi connectivity index (χ0n) is 15.0. The Balaban J connectivity index is 1.46. The quantitative estimate of drug-likeness (QED) is 0.478. The van der Waals surface area contributed by atoms with Crippen LogP contribution in [0, 0.1) is 10.1 Å². The summed E-state index contributed by atoms with van der Waals surface area (Å²) in [5.74, 6) is 0.0550. The summed E-state index contributed by atoms with van der Waals surface area (Å²) in [6, 6.07) is 9.69. The molecule has 7 nitrogen and oxygen atoms in total. The summed E-state index contributed by atoms with van der Waals surface area (Å²) in [6.07, 6.45) is -2.93. The Labute approximate surface area is 163 Å². The second-order valence-corrected chi connectivity index (χ2v) is 6.70. The molecule has 0 unspecified atom stereocenters. The largest absolute Gasteiger partial charge is 0.460 e. The van der Waals surface area contributed by atoms with Gasteiger partial charge in [0.1, 0.15) is 11.5 Å². The van der Waals surface area contributed by atoms with Gasteiger partial charge in [-0.3, -0.25) is 15.0 Å². The van der Waals surface area contributed by atoms with Crippen LogP contribution in [-0.4, -0.2) is 26.3 Å². The van der Waals surface area contributed by atoms with Gasteiger partial charge in [0.25, 0.3) is 5.69 Å². The van der Waals surface area contributed by atoms with E-state index in [1.807, 2.05) is 4.90 Å². The molecule has 0 saturated carbocycles. The van der Waals surface area contributed by atoms with Crippen LogP contribution in [-0.2, 0) is 25.7 Å². The zero-order valence-corrected chi connectivity index (χ0v) is 15.0. The smallest absolute Gasteiger partial charge is 0.451 e. The fraction of sp³-hybridized carbons (Fsp3) is 0.263. The van der Waals surface area contributed by atoms with Gasteiger partial charge in [-0.15, -0.1) is 0 Å². The van der Waals surface area contributed by atoms with Crippen molar-refractivity contribution in [2.24, 2.45) is 0 Å². The molecule has 1 aliphatic rings. The molecule has 0 spiro atoms. The Morgan fingerprint density at radius 2 is 2.07 bits per heavy atom. The number of hydrogen-bond donors (Lipinski definition) is 0. The number of halogens is 3. The lowest BCUT2D eigenvalue weighted by atomic mass is 10.1. The SMILES string of the molecule is O=[N+]([O-])c1cccc(-c2ccc(CN3CCc4nc(C(F)(F)F)ncc4C3)o2)c1. The van der Waals surface area contributed by atoms with Crippen LogP contribution in [0.25, 0.3) is 11.3 Å². The maximum Gasteiger partial charge on any atom is 0.451 e. The third-order valence-corrected chi connectivity index (χ3v) is 4.65. The fourth-order valence-electron chi connectivity index (χ4n) is 3.26. The van der Waals surface area contributed by atoms with E-state index in [-0.39, 0.29) is 5.69 Å². The minimum atomic E-state index is -4.55. The van der Waals surface area contributed by atoms with Gasteiger partial charge >= 0.3 is 6.18 Å². The van der Waals surface area contributed by atoms with E-state index in [1.165, 1.54) is 18.3 Å². The van der Waals surface area contributed by atoms with Gasteiger partial charge in [0.2, 0.25) is 5.82 Å². The summed E-state index contributed by atoms with van der Waals surface area (Å²) in [7, 11) is 0. The van der Waals surface area contributed by atoms with Crippen LogP contribution < -0.4 is 0 Å². The fourth-order valence-corrected chi connectivity index (χ4v) is 3.26. The highest BCUT2D eigenvalue weighted by Crippen LogP contribution is 2.29. The van der Waals surface area contributed by atoms with Crippen LogP contribution in [0.1, 0.15) is 22.8 Å². The molecule has 1 aliphatic heterocycles. The summed E-state index contributed by atoms with van der Waals surface area (Å²) in [5, 5.41) is 10.9. The highest BCUT2D eigenvalue weighted by atomic mass is 19.4. The van der Waals surface area contributed by atoms with Gasteiger partial charge in [0, 0.05) is 49.0 Å². The topological polar surface area (TPSA) is 85.3 Å². The van der Waals surface area contributed by atoms with E-state index in [0.29, 0.717) is 54.4 Å². The molecule has 0 fully saturated rings. The monoisotopic (exact) mass is 404 g/mol. The maximum atomic E-state index is 12.7. The number of benzene rings is 1. The molecule has 0 atom stereocenters. The average Bonchev–Trinajstić information content (AvgIpc) is 3.15. The number of non-ortho nitro benzene ring substituents is 1. The van der Waals surface area contributed by atoms with Gasteiger partial charge in [-0.2, -0.15) is 13.2 Å². The molecule has 2 aromatic heterocycles. The lowest BCUT2D eigenvalue weighted by Crippen LogP contribution is -2.31. The van der Waals surface area contributed by atoms with E-state index < -0.39 is 16.9 Å². The lowest BCUT2D eigenvalue weighted by molar-refractivity contribution is -0.384. The minimum absolute atomic E-state index is 0.0219. The van der Waals surface area contributed by atoms with Crippen LogP contribution in [0.3, 0.4) is 0 Å². The Hall–Kier alpha value is -3.27. The number of nitro groups is 1. The van der Waals surface area contributed by atoms with Gasteiger partial charge < -0.3 is 4.42 Å². The van der Waals surface area contributed by atoms with Crippen molar-refractivity contribution in [1.29, 1.82) is 0 Å². The highest BCUT2D eigenvalue weighted by molar-refractivity contribution is 5.61. The summed E-state index contributed by atoms with van der Waals surface area (Å²) in [4.78, 5) is 19.6. The predicted molar refractivity (Wildman–Crippen MR) is 95.7 cm³/mol. The van der Waals surface area contributed by atoms with Crippen molar-refractivity contribution in [1.82, 2.24) is 14.9 Å². The van der Waals surface area contributed by atoms with Crippen LogP contribution >= 0.6 is 0 Å². The Bertz CT molecular complexity index is 1060. The molecular formula is C19H15F3N4O3. The number of alkyl halides is 3. The van der Waals surface area contributed by atoms with Crippen molar-refractivity contribution in [3.8, 4) is 11.3 Å². The van der Waals surface area contributed by atoms with Crippen LogP contribution in [0.5, 0.6) is 0 Å². The van der Waals surface area contributed by atoms with Crippen LogP contribution in [0.4, 0.5) is 18.9 Å². The van der Waals surface area contributed by atoms with E-state index in [2.05, 4.69) is 9.97 Å². The summed E-state index contributed by atoms with van der Waals surface area (Å²) in [6.45, 7) is 1.41. The standard InChI is InChI=1S/C19H15F3N4O3/c20-19(21,22)18-23-9-13-10-25(7-6-16(13)24-18)11-15-4-5-17(29-15)12-2-1-3-14(8-12)26(27)28/h1-5,8-9H,6-7,10-11H2. The molecule has 3 heterocycles. The summed E-state index contributed by atoms with van der Waals surface area (Å²) >= 11 is 0. The second kappa shape index (κ2) is 7.28. The van der Waals surface area contributed by atoms with E-state index in [4.69, 9.17) is 4.42 Å². The van der Waals surface area contributed by atoms with Crippen molar-refractivity contribution in [2.75, 3.05) is 6.54 Å². The number of nitrogens with zero attached hydrogens (tertiary/aromatic N) is 4. The Morgan fingerprint density at radius 3 is 2.83 bits per heavy atom. The first-order chi connectivity index (χ1) is 13.8. The molecule has 0 N–H and O–H groups in total. The minimum Gasteiger partial charge on any atom is -0.460 e. The molecule has 1 aromatic carbocycles. The summed E-state index contributed by atoms with van der Waals surface area (Å²) < 4.78 is 44.1. The molecule has 0 bridgehead atoms. The zero-order chi connectivity index (χ0) is 20.6. The van der Waals surface area contributed by atoms with Gasteiger partial charge in [0.05, 0.1) is 17.2 Å². The number of hydrogen-bond acceptors (Lipinski definition) is 6. The molecule has 0 radical (unpaired) electrons. The predicted octanol–water partition coefficient (Wildman–Crippen LogP) is 4.22. The molecule has 0 aliphatic carbocycles.